The van der Waals surface area contributed by atoms with Gasteiger partial charge in [0.25, 0.3) is 5.56 Å². The number of amides is 7. The molecule has 22 nitrogen and oxygen atoms in total. The number of imidazole rings is 1. The van der Waals surface area contributed by atoms with Crippen LogP contribution in [0.3, 0.4) is 0 Å². The number of unbranched alkanes of at least 4 members (excludes halogenated alkanes) is 1. The molecule has 0 radical (unpaired) electrons. The zero-order chi connectivity index (χ0) is 49.3. The second-order valence-corrected chi connectivity index (χ2v) is 16.8. The summed E-state index contributed by atoms with van der Waals surface area (Å²) in [5.74, 6) is -3.62. The molecule has 4 aromatic rings. The molecular weight excluding hydrogens is 879 g/mol. The van der Waals surface area contributed by atoms with Crippen LogP contribution in [-0.2, 0) is 52.9 Å². The first kappa shape index (κ1) is 51.6. The molecule has 3 heterocycles. The number of aromatic amines is 1. The van der Waals surface area contributed by atoms with E-state index in [1.54, 1.807) is 29.2 Å². The summed E-state index contributed by atoms with van der Waals surface area (Å²) in [6, 6.07) is 7.58. The SMILES string of the molecule is CC[C@H](C)[C@H](NC(C)=O)C(=O)N[C@@H](CCCCN)C(=O)N1CCN(c2ccc3ncn(CC(=O)NCC(=O)N[C@@H](Cc4cnc[nH]4)C(=O)N[C@@H](Cc4ccc(O)cc4)C(=O)NC)c(=O)c3c2)CC1. The molecule has 2 aromatic heterocycles. The molecule has 1 aliphatic rings. The number of carbonyl (C=O) groups excluding carboxylic acids is 7. The Morgan fingerprint density at radius 2 is 1.56 bits per heavy atom. The molecule has 5 rings (SSSR count). The maximum absolute atomic E-state index is 13.9. The molecule has 2 aromatic carbocycles. The van der Waals surface area contributed by atoms with E-state index >= 15 is 0 Å². The van der Waals surface area contributed by atoms with E-state index in [4.69, 9.17) is 5.73 Å². The highest BCUT2D eigenvalue weighted by molar-refractivity contribution is 5.94. The van der Waals surface area contributed by atoms with Crippen molar-refractivity contribution in [3.63, 3.8) is 0 Å². The summed E-state index contributed by atoms with van der Waals surface area (Å²) < 4.78 is 1.12. The zero-order valence-electron chi connectivity index (χ0n) is 38.9. The maximum Gasteiger partial charge on any atom is 0.261 e. The van der Waals surface area contributed by atoms with Crippen molar-refractivity contribution in [2.24, 2.45) is 11.7 Å². The molecule has 10 N–H and O–H groups in total. The van der Waals surface area contributed by atoms with Gasteiger partial charge in [0.1, 0.15) is 36.5 Å². The number of nitrogens with one attached hydrogen (secondary N) is 7. The largest absolute Gasteiger partial charge is 0.508 e. The number of likely N-dealkylation sites (N-methyl/N-ethyl adjacent to an activating group) is 1. The number of aromatic nitrogens is 4. The Bertz CT molecular complexity index is 2440. The molecule has 68 heavy (non-hydrogen) atoms. The van der Waals surface area contributed by atoms with Gasteiger partial charge in [0.15, 0.2) is 0 Å². The van der Waals surface area contributed by atoms with Crippen LogP contribution in [0.2, 0.25) is 0 Å². The first-order chi connectivity index (χ1) is 32.6. The minimum atomic E-state index is -1.18. The summed E-state index contributed by atoms with van der Waals surface area (Å²) in [4.78, 5) is 120. The standard InChI is InChI=1S/C46H63N13O9/c1-5-28(2)41(53-29(3)60)44(66)55-36(8-6-7-15-47)46(68)58-18-16-57(17-19-58)32-11-14-35-34(22-32)45(67)59(27-52-35)25-40(63)50-24-39(62)54-38(21-31-23-49-26-51-31)43(65)56-37(42(64)48-4)20-30-9-12-33(61)13-10-30/h9-14,22-23,26-28,36-38,41,61H,5-8,15-21,24-25,47H2,1-4H3,(H,48,64)(H,49,51)(H,50,63)(H,53,60)(H,54,62)(H,55,66)(H,56,65)/t28-,36-,37-,38-,41-/m0/s1. The first-order valence-corrected chi connectivity index (χ1v) is 22.7. The quantitative estimate of drug-likeness (QED) is 0.0402. The second kappa shape index (κ2) is 25.0. The summed E-state index contributed by atoms with van der Waals surface area (Å²) in [5, 5.41) is 25.8. The highest BCUT2D eigenvalue weighted by Gasteiger charge is 2.33. The maximum atomic E-state index is 13.9. The number of phenols is 1. The lowest BCUT2D eigenvalue weighted by atomic mass is 9.97. The Balaban J connectivity index is 1.19. The fourth-order valence-corrected chi connectivity index (χ4v) is 7.78. The number of carbonyl (C=O) groups is 7. The third-order valence-corrected chi connectivity index (χ3v) is 11.8. The van der Waals surface area contributed by atoms with E-state index in [9.17, 15) is 43.5 Å². The lowest BCUT2D eigenvalue weighted by Crippen LogP contribution is -2.58. The van der Waals surface area contributed by atoms with Crippen molar-refractivity contribution in [1.82, 2.24) is 56.3 Å². The van der Waals surface area contributed by atoms with Crippen LogP contribution in [0.1, 0.15) is 57.7 Å². The monoisotopic (exact) mass is 941 g/mol. The topological polar surface area (TPSA) is 308 Å². The van der Waals surface area contributed by atoms with Gasteiger partial charge in [0.05, 0.1) is 30.1 Å². The van der Waals surface area contributed by atoms with Gasteiger partial charge in [-0.1, -0.05) is 32.4 Å². The van der Waals surface area contributed by atoms with Crippen LogP contribution in [0.15, 0.2) is 66.1 Å². The van der Waals surface area contributed by atoms with Crippen molar-refractivity contribution < 1.29 is 38.7 Å². The highest BCUT2D eigenvalue weighted by atomic mass is 16.3. The molecule has 1 saturated heterocycles. The molecule has 7 amide bonds. The van der Waals surface area contributed by atoms with E-state index < -0.39 is 72.4 Å². The van der Waals surface area contributed by atoms with Gasteiger partial charge >= 0.3 is 0 Å². The molecular formula is C46H63N13O9. The summed E-state index contributed by atoms with van der Waals surface area (Å²) in [6.07, 6.45) is 6.56. The van der Waals surface area contributed by atoms with Crippen LogP contribution in [-0.4, -0.2) is 141 Å². The molecule has 0 aliphatic carbocycles. The Morgan fingerprint density at radius 1 is 0.853 bits per heavy atom. The molecule has 366 valence electrons. The number of H-pyrrole nitrogens is 1. The number of phenolic OH excluding ortho intramolecular Hbond substituents is 1. The third kappa shape index (κ3) is 14.6. The van der Waals surface area contributed by atoms with Crippen LogP contribution in [0.4, 0.5) is 5.69 Å². The number of nitrogens with two attached hydrogens (primary N) is 1. The molecule has 0 bridgehead atoms. The smallest absolute Gasteiger partial charge is 0.261 e. The normalized spacial score (nSPS) is 14.7. The van der Waals surface area contributed by atoms with Gasteiger partial charge in [-0.15, -0.1) is 0 Å². The predicted molar refractivity (Wildman–Crippen MR) is 252 cm³/mol. The van der Waals surface area contributed by atoms with Gasteiger partial charge in [-0.25, -0.2) is 9.97 Å². The summed E-state index contributed by atoms with van der Waals surface area (Å²) in [7, 11) is 1.43. The lowest BCUT2D eigenvalue weighted by Gasteiger charge is -2.38. The van der Waals surface area contributed by atoms with Crippen molar-refractivity contribution in [2.45, 2.75) is 90.0 Å². The van der Waals surface area contributed by atoms with E-state index in [1.807, 2.05) is 24.8 Å². The fraction of sp³-hybridized carbons (Fsp3) is 0.478. The van der Waals surface area contributed by atoms with E-state index in [2.05, 4.69) is 46.9 Å². The van der Waals surface area contributed by atoms with Gasteiger partial charge in [-0.05, 0) is 67.6 Å². The van der Waals surface area contributed by atoms with Crippen molar-refractivity contribution in [3.8, 4) is 5.75 Å². The van der Waals surface area contributed by atoms with Gasteiger partial charge < -0.3 is 57.5 Å². The van der Waals surface area contributed by atoms with Crippen molar-refractivity contribution in [2.75, 3.05) is 51.2 Å². The zero-order valence-corrected chi connectivity index (χ0v) is 38.9. The fourth-order valence-electron chi connectivity index (χ4n) is 7.78. The van der Waals surface area contributed by atoms with Crippen LogP contribution in [0.25, 0.3) is 10.9 Å². The molecule has 22 heteroatoms. The molecule has 0 spiro atoms. The average molecular weight is 942 g/mol. The summed E-state index contributed by atoms with van der Waals surface area (Å²) in [5.41, 5.74) is 7.52. The van der Waals surface area contributed by atoms with E-state index in [-0.39, 0.29) is 41.7 Å². The number of piperazine rings is 1. The van der Waals surface area contributed by atoms with Gasteiger partial charge in [-0.2, -0.15) is 0 Å². The molecule has 0 unspecified atom stereocenters. The average Bonchev–Trinajstić information content (AvgIpc) is 3.86. The van der Waals surface area contributed by atoms with Crippen LogP contribution >= 0.6 is 0 Å². The van der Waals surface area contributed by atoms with E-state index in [0.29, 0.717) is 80.9 Å². The number of hydrogen-bond donors (Lipinski definition) is 9. The minimum absolute atomic E-state index is 0.0179. The lowest BCUT2D eigenvalue weighted by molar-refractivity contribution is -0.138. The number of nitrogens with zero attached hydrogens (tertiary/aromatic N) is 5. The number of hydrogen-bond acceptors (Lipinski definition) is 13. The van der Waals surface area contributed by atoms with Crippen LogP contribution in [0, 0.1) is 5.92 Å². The summed E-state index contributed by atoms with van der Waals surface area (Å²) >= 11 is 0. The first-order valence-electron chi connectivity index (χ1n) is 22.7. The number of rotatable bonds is 23. The van der Waals surface area contributed by atoms with Crippen molar-refractivity contribution in [3.05, 3.63) is 82.9 Å². The number of benzene rings is 2. The Kier molecular flexibility index (Phi) is 18.9. The predicted octanol–water partition coefficient (Wildman–Crippen LogP) is -1.04. The second-order valence-electron chi connectivity index (χ2n) is 16.8. The van der Waals surface area contributed by atoms with Gasteiger partial charge in [0, 0.05) is 70.6 Å². The van der Waals surface area contributed by atoms with Crippen LogP contribution in [0.5, 0.6) is 5.75 Å². The molecule has 1 fully saturated rings. The van der Waals surface area contributed by atoms with Crippen LogP contribution < -0.4 is 48.1 Å². The highest BCUT2D eigenvalue weighted by Crippen LogP contribution is 2.21. The third-order valence-electron chi connectivity index (χ3n) is 11.8. The summed E-state index contributed by atoms with van der Waals surface area (Å²) in [6.45, 7) is 6.14. The van der Waals surface area contributed by atoms with Crippen molar-refractivity contribution >= 4 is 57.9 Å². The van der Waals surface area contributed by atoms with E-state index in [1.165, 1.54) is 45.0 Å². The van der Waals surface area contributed by atoms with Crippen molar-refractivity contribution in [1.29, 1.82) is 0 Å². The van der Waals surface area contributed by atoms with Gasteiger partial charge in [0.2, 0.25) is 41.4 Å². The Morgan fingerprint density at radius 3 is 2.21 bits per heavy atom. The van der Waals surface area contributed by atoms with Gasteiger partial charge in [-0.3, -0.25) is 42.9 Å². The number of anilines is 1. The molecule has 1 aliphatic heterocycles. The Labute approximate surface area is 393 Å². The number of aromatic hydroxyl groups is 1. The number of fused-ring (bicyclic) bond motifs is 1. The Hall–Kier alpha value is -7.36. The molecule has 0 saturated carbocycles. The minimum Gasteiger partial charge on any atom is -0.508 e. The van der Waals surface area contributed by atoms with E-state index in [0.717, 1.165) is 4.57 Å². The molecule has 5 atom stereocenters.